The lowest BCUT2D eigenvalue weighted by molar-refractivity contribution is 0.507. The molecule has 0 heterocycles. The van der Waals surface area contributed by atoms with Crippen LogP contribution in [0, 0.1) is 5.92 Å². The van der Waals surface area contributed by atoms with E-state index in [0.29, 0.717) is 6.04 Å². The van der Waals surface area contributed by atoms with Gasteiger partial charge in [0.05, 0.1) is 0 Å². The summed E-state index contributed by atoms with van der Waals surface area (Å²) in [5.41, 5.74) is 5.73. The first-order chi connectivity index (χ1) is 4.33. The normalized spacial score (nSPS) is 35.3. The maximum Gasteiger partial charge on any atom is 0.00420 e. The van der Waals surface area contributed by atoms with Gasteiger partial charge in [0, 0.05) is 6.04 Å². The summed E-state index contributed by atoms with van der Waals surface area (Å²) in [5, 5.41) is 3.17. The van der Waals surface area contributed by atoms with Gasteiger partial charge in [-0.15, -0.1) is 0 Å². The van der Waals surface area contributed by atoms with E-state index in [1.165, 1.54) is 19.3 Å². The monoisotopic (exact) mass is 128 g/mol. The molecule has 9 heavy (non-hydrogen) atoms. The summed E-state index contributed by atoms with van der Waals surface area (Å²) in [6.45, 7) is 1.15. The number of hydrogen-bond donors (Lipinski definition) is 2. The predicted octanol–water partition coefficient (Wildman–Crippen LogP) is 0.333. The Hall–Kier alpha value is -0.0800. The van der Waals surface area contributed by atoms with Gasteiger partial charge in [0.15, 0.2) is 0 Å². The molecular weight excluding hydrogens is 112 g/mol. The zero-order valence-corrected chi connectivity index (χ0v) is 6.06. The van der Waals surface area contributed by atoms with E-state index in [1.54, 1.807) is 0 Å². The van der Waals surface area contributed by atoms with Crippen molar-refractivity contribution in [1.29, 1.82) is 0 Å². The minimum absolute atomic E-state index is 0.489. The molecule has 0 bridgehead atoms. The molecule has 1 rings (SSSR count). The van der Waals surface area contributed by atoms with Crippen molar-refractivity contribution in [2.24, 2.45) is 11.7 Å². The van der Waals surface area contributed by atoms with Gasteiger partial charge in [-0.25, -0.2) is 0 Å². The van der Waals surface area contributed by atoms with Crippen LogP contribution in [0.5, 0.6) is 0 Å². The Balaban J connectivity index is 2.14. The van der Waals surface area contributed by atoms with Crippen molar-refractivity contribution in [3.8, 4) is 0 Å². The van der Waals surface area contributed by atoms with Crippen molar-refractivity contribution >= 4 is 0 Å². The van der Waals surface area contributed by atoms with Crippen molar-refractivity contribution in [3.05, 3.63) is 0 Å². The summed E-state index contributed by atoms with van der Waals surface area (Å²) in [7, 11) is 2.00. The number of hydrogen-bond acceptors (Lipinski definition) is 2. The highest BCUT2D eigenvalue weighted by Crippen LogP contribution is 2.22. The molecule has 0 radical (unpaired) electrons. The van der Waals surface area contributed by atoms with Gasteiger partial charge in [0.1, 0.15) is 0 Å². The lowest BCUT2D eigenvalue weighted by Gasteiger charge is -2.06. The molecule has 1 saturated carbocycles. The van der Waals surface area contributed by atoms with Crippen molar-refractivity contribution in [2.75, 3.05) is 13.6 Å². The Morgan fingerprint density at radius 2 is 2.33 bits per heavy atom. The van der Waals surface area contributed by atoms with E-state index in [2.05, 4.69) is 5.32 Å². The quantitative estimate of drug-likeness (QED) is 0.562. The van der Waals surface area contributed by atoms with Crippen LogP contribution in [0.2, 0.25) is 0 Å². The molecule has 1 fully saturated rings. The Labute approximate surface area is 56.8 Å². The van der Waals surface area contributed by atoms with Crippen LogP contribution in [-0.4, -0.2) is 19.6 Å². The van der Waals surface area contributed by atoms with Crippen molar-refractivity contribution in [1.82, 2.24) is 5.32 Å². The van der Waals surface area contributed by atoms with Crippen LogP contribution in [0.15, 0.2) is 0 Å². The molecule has 0 saturated heterocycles. The van der Waals surface area contributed by atoms with E-state index in [-0.39, 0.29) is 0 Å². The third-order valence-corrected chi connectivity index (χ3v) is 2.07. The topological polar surface area (TPSA) is 38.0 Å². The number of rotatable bonds is 2. The molecule has 2 unspecified atom stereocenters. The standard InChI is InChI=1S/C7H16N2/c1-9-5-6-2-3-7(8)4-6/h6-7,9H,2-5,8H2,1H3. The van der Waals surface area contributed by atoms with Crippen LogP contribution in [0.25, 0.3) is 0 Å². The molecule has 0 aromatic heterocycles. The van der Waals surface area contributed by atoms with Gasteiger partial charge in [-0.3, -0.25) is 0 Å². The summed E-state index contributed by atoms with van der Waals surface area (Å²) < 4.78 is 0. The maximum atomic E-state index is 5.73. The van der Waals surface area contributed by atoms with Gasteiger partial charge in [-0.1, -0.05) is 0 Å². The lowest BCUT2D eigenvalue weighted by Crippen LogP contribution is -2.19. The average Bonchev–Trinajstić information content (AvgIpc) is 2.17. The molecule has 1 aliphatic carbocycles. The SMILES string of the molecule is CNCC1CCC(N)C1. The van der Waals surface area contributed by atoms with E-state index in [4.69, 9.17) is 5.73 Å². The minimum Gasteiger partial charge on any atom is -0.328 e. The van der Waals surface area contributed by atoms with E-state index < -0.39 is 0 Å². The zero-order valence-electron chi connectivity index (χ0n) is 6.06. The van der Waals surface area contributed by atoms with E-state index in [0.717, 1.165) is 12.5 Å². The highest BCUT2D eigenvalue weighted by Gasteiger charge is 2.20. The second-order valence-electron chi connectivity index (χ2n) is 3.00. The van der Waals surface area contributed by atoms with E-state index in [9.17, 15) is 0 Å². The fourth-order valence-electron chi connectivity index (χ4n) is 1.59. The molecule has 0 amide bonds. The second kappa shape index (κ2) is 3.18. The molecule has 2 heteroatoms. The summed E-state index contributed by atoms with van der Waals surface area (Å²) in [5.74, 6) is 0.852. The first kappa shape index (κ1) is 7.03. The molecule has 0 aliphatic heterocycles. The molecule has 0 aromatic carbocycles. The summed E-state index contributed by atoms with van der Waals surface area (Å²) >= 11 is 0. The van der Waals surface area contributed by atoms with Crippen molar-refractivity contribution < 1.29 is 0 Å². The third-order valence-electron chi connectivity index (χ3n) is 2.07. The van der Waals surface area contributed by atoms with Crippen LogP contribution in [-0.2, 0) is 0 Å². The van der Waals surface area contributed by atoms with Crippen LogP contribution in [0.3, 0.4) is 0 Å². The second-order valence-corrected chi connectivity index (χ2v) is 3.00. The van der Waals surface area contributed by atoms with Crippen molar-refractivity contribution in [2.45, 2.75) is 25.3 Å². The molecule has 54 valence electrons. The fraction of sp³-hybridized carbons (Fsp3) is 1.00. The fourth-order valence-corrected chi connectivity index (χ4v) is 1.59. The predicted molar refractivity (Wildman–Crippen MR) is 39.2 cm³/mol. The van der Waals surface area contributed by atoms with Crippen LogP contribution in [0.4, 0.5) is 0 Å². The largest absolute Gasteiger partial charge is 0.328 e. The molecule has 1 aliphatic rings. The molecule has 2 nitrogen and oxygen atoms in total. The smallest absolute Gasteiger partial charge is 0.00420 e. The Kier molecular flexibility index (Phi) is 2.49. The van der Waals surface area contributed by atoms with E-state index in [1.807, 2.05) is 7.05 Å². The third kappa shape index (κ3) is 1.95. The molecule has 0 aromatic rings. The van der Waals surface area contributed by atoms with Gasteiger partial charge in [-0.2, -0.15) is 0 Å². The molecule has 3 N–H and O–H groups in total. The van der Waals surface area contributed by atoms with Gasteiger partial charge >= 0.3 is 0 Å². The average molecular weight is 128 g/mol. The highest BCUT2D eigenvalue weighted by atomic mass is 14.8. The van der Waals surface area contributed by atoms with Gasteiger partial charge in [0.2, 0.25) is 0 Å². The zero-order chi connectivity index (χ0) is 6.69. The lowest BCUT2D eigenvalue weighted by atomic mass is 10.1. The van der Waals surface area contributed by atoms with Gasteiger partial charge < -0.3 is 11.1 Å². The summed E-state index contributed by atoms with van der Waals surface area (Å²) in [4.78, 5) is 0. The Morgan fingerprint density at radius 3 is 2.78 bits per heavy atom. The number of nitrogens with two attached hydrogens (primary N) is 1. The molecule has 0 spiro atoms. The molecule has 2 atom stereocenters. The van der Waals surface area contributed by atoms with Gasteiger partial charge in [-0.05, 0) is 38.8 Å². The first-order valence-corrected chi connectivity index (χ1v) is 3.73. The maximum absolute atomic E-state index is 5.73. The Morgan fingerprint density at radius 1 is 1.56 bits per heavy atom. The van der Waals surface area contributed by atoms with Crippen LogP contribution >= 0.6 is 0 Å². The summed E-state index contributed by atoms with van der Waals surface area (Å²) in [6, 6.07) is 0.489. The van der Waals surface area contributed by atoms with Crippen LogP contribution < -0.4 is 11.1 Å². The van der Waals surface area contributed by atoms with E-state index >= 15 is 0 Å². The highest BCUT2D eigenvalue weighted by molar-refractivity contribution is 4.78. The van der Waals surface area contributed by atoms with Crippen molar-refractivity contribution in [3.63, 3.8) is 0 Å². The van der Waals surface area contributed by atoms with Gasteiger partial charge in [0.25, 0.3) is 0 Å². The minimum atomic E-state index is 0.489. The number of nitrogens with one attached hydrogen (secondary N) is 1. The summed E-state index contributed by atoms with van der Waals surface area (Å²) in [6.07, 6.45) is 3.77. The first-order valence-electron chi connectivity index (χ1n) is 3.73. The Bertz CT molecular complexity index is 81.0. The molecular formula is C7H16N2. The van der Waals surface area contributed by atoms with Crippen LogP contribution in [0.1, 0.15) is 19.3 Å².